The Labute approximate surface area is 45.1 Å². The van der Waals surface area contributed by atoms with E-state index in [1.54, 1.807) is 6.92 Å². The monoisotopic (exact) mass is 48.0 g/mol. The zero-order valence-corrected chi connectivity index (χ0v) is 5.11. The number of rotatable bonds is 0. The Kier molecular flexibility index (Phi) is 20.2. The van der Waals surface area contributed by atoms with Gasteiger partial charge in [-0.05, 0) is 6.92 Å². The summed E-state index contributed by atoms with van der Waals surface area (Å²) in [6, 6.07) is 0. The van der Waals surface area contributed by atoms with Gasteiger partial charge < -0.3 is 5.11 Å². The van der Waals surface area contributed by atoms with E-state index in [1.165, 1.54) is 0 Å². The zero-order chi connectivity index (χ0) is 2.71. The molecule has 0 saturated heterocycles. The van der Waals surface area contributed by atoms with Gasteiger partial charge in [0.05, 0.1) is 0 Å². The van der Waals surface area contributed by atoms with Crippen LogP contribution in [-0.2, 0) is 26.2 Å². The van der Waals surface area contributed by atoms with Gasteiger partial charge >= 0.3 is 0 Å². The van der Waals surface area contributed by atoms with Crippen LogP contribution in [0.5, 0.6) is 0 Å². The Morgan fingerprint density at radius 1 is 1.75 bits per heavy atom. The molecule has 0 spiro atoms. The minimum atomic E-state index is 0. The van der Waals surface area contributed by atoms with Crippen molar-refractivity contribution in [2.75, 3.05) is 6.61 Å². The third-order valence-corrected chi connectivity index (χ3v) is 0. The Morgan fingerprint density at radius 3 is 1.75 bits per heavy atom. The third kappa shape index (κ3) is 13.6. The van der Waals surface area contributed by atoms with Gasteiger partial charge in [-0.3, -0.25) is 0 Å². The van der Waals surface area contributed by atoms with Crippen molar-refractivity contribution in [2.45, 2.75) is 6.92 Å². The summed E-state index contributed by atoms with van der Waals surface area (Å²) >= 11 is 0. The van der Waals surface area contributed by atoms with Crippen LogP contribution in [0.3, 0.4) is 0 Å². The maximum Gasteiger partial charge on any atom is 0.0402 e. The molecule has 0 aliphatic rings. The van der Waals surface area contributed by atoms with Crippen LogP contribution >= 0.6 is 0 Å². The van der Waals surface area contributed by atoms with Crippen LogP contribution in [0.1, 0.15) is 6.92 Å². The Bertz CT molecular complexity index is 6.00. The molecule has 0 fully saturated rings. The fourth-order valence-corrected chi connectivity index (χ4v) is 0. The van der Waals surface area contributed by atoms with Gasteiger partial charge in [0, 0.05) is 32.8 Å². The van der Waals surface area contributed by atoms with Gasteiger partial charge in [0.15, 0.2) is 0 Å². The number of aliphatic hydroxyl groups is 1. The first-order valence-corrected chi connectivity index (χ1v) is 1.02. The topological polar surface area (TPSA) is 20.2 Å². The summed E-state index contributed by atoms with van der Waals surface area (Å²) in [5.41, 5.74) is 0. The smallest absolute Gasteiger partial charge is 0.0402 e. The van der Waals surface area contributed by atoms with Crippen LogP contribution in [0.15, 0.2) is 0 Å². The summed E-state index contributed by atoms with van der Waals surface area (Å²) in [7, 11) is 0. The van der Waals surface area contributed by atoms with E-state index in [2.05, 4.69) is 0 Å². The van der Waals surface area contributed by atoms with Crippen LogP contribution in [0.4, 0.5) is 0 Å². The van der Waals surface area contributed by atoms with E-state index in [-0.39, 0.29) is 32.8 Å². The van der Waals surface area contributed by atoms with Crippen molar-refractivity contribution in [3.8, 4) is 0 Å². The van der Waals surface area contributed by atoms with Crippen molar-refractivity contribution >= 4 is 0 Å². The summed E-state index contributed by atoms with van der Waals surface area (Å²) in [6.07, 6.45) is 0. The van der Waals surface area contributed by atoms with Crippen molar-refractivity contribution in [1.29, 1.82) is 0 Å². The first-order valence-electron chi connectivity index (χ1n) is 1.02. The van der Waals surface area contributed by atoms with Crippen LogP contribution in [-0.4, -0.2) is 11.7 Å². The second kappa shape index (κ2) is 9.14. The normalized spacial score (nSPS) is 4.50. The quantitative estimate of drug-likeness (QED) is 0.408. The van der Waals surface area contributed by atoms with Crippen LogP contribution < -0.4 is 0 Å². The third-order valence-electron chi connectivity index (χ3n) is 0. The molecule has 24 valence electrons. The Hall–Kier alpha value is 0.843. The molecule has 0 atom stereocenters. The predicted octanol–water partition coefficient (Wildman–Crippen LogP) is -0.00390. The van der Waals surface area contributed by atoms with E-state index >= 15 is 0 Å². The van der Waals surface area contributed by atoms with Gasteiger partial charge in [-0.2, -0.15) is 0 Å². The van der Waals surface area contributed by atoms with Gasteiger partial charge in [-0.1, -0.05) is 0 Å². The van der Waals surface area contributed by atoms with Gasteiger partial charge in [0.25, 0.3) is 0 Å². The first kappa shape index (κ1) is 8.85. The molecule has 0 aromatic rings. The van der Waals surface area contributed by atoms with Crippen molar-refractivity contribution in [2.24, 2.45) is 0 Å². The van der Waals surface area contributed by atoms with Crippen LogP contribution in [0.2, 0.25) is 0 Å². The molecule has 2 heteroatoms. The van der Waals surface area contributed by atoms with Crippen molar-refractivity contribution in [3.63, 3.8) is 0 Å². The number of aliphatic hydroxyl groups excluding tert-OH is 1. The van der Waals surface area contributed by atoms with E-state index in [1.807, 2.05) is 0 Å². The van der Waals surface area contributed by atoms with Gasteiger partial charge in [-0.15, -0.1) is 0 Å². The fourth-order valence-electron chi connectivity index (χ4n) is 0. The van der Waals surface area contributed by atoms with E-state index in [0.29, 0.717) is 0 Å². The molecule has 0 aromatic carbocycles. The van der Waals surface area contributed by atoms with E-state index < -0.39 is 0 Å². The van der Waals surface area contributed by atoms with E-state index in [0.717, 1.165) is 0 Å². The molecule has 0 unspecified atom stereocenters. The molecule has 0 aliphatic carbocycles. The summed E-state index contributed by atoms with van der Waals surface area (Å²) < 4.78 is 0. The van der Waals surface area contributed by atoms with Crippen LogP contribution in [0.25, 0.3) is 0 Å². The molecule has 1 nitrogen and oxygen atoms in total. The maximum atomic E-state index is 7.57. The summed E-state index contributed by atoms with van der Waals surface area (Å²) in [5.74, 6) is 0. The molecule has 0 radical (unpaired) electrons. The number of hydrogen-bond acceptors (Lipinski definition) is 1. The van der Waals surface area contributed by atoms with Gasteiger partial charge in [0.2, 0.25) is 0 Å². The van der Waals surface area contributed by atoms with Gasteiger partial charge in [-0.25, -0.2) is 0 Å². The average Bonchev–Trinajstić information content (AvgIpc) is 0.918. The molecule has 1 N–H and O–H groups in total. The SMILES string of the molecule is CCO.[2Zr]. The maximum absolute atomic E-state index is 7.57. The molecule has 0 aliphatic heterocycles. The molecule has 0 saturated carbocycles. The fraction of sp³-hybridized carbons (Fsp3) is 1.00. The summed E-state index contributed by atoms with van der Waals surface area (Å²) in [6.45, 7) is 1.93. The Morgan fingerprint density at radius 2 is 1.75 bits per heavy atom. The molecular weight excluding hydrogens is 42.0 g/mol. The standard InChI is InChI=1S/C2H6O.Zr/c1-2-3;/h3H,2H2,1H3;/i;1-89. The van der Waals surface area contributed by atoms with Gasteiger partial charge in [0.1, 0.15) is 0 Å². The van der Waals surface area contributed by atoms with E-state index in [4.69, 9.17) is 5.11 Å². The van der Waals surface area contributed by atoms with Crippen molar-refractivity contribution in [1.82, 2.24) is 0 Å². The Balaban J connectivity index is 0. The minimum absolute atomic E-state index is 0. The molecule has 0 aromatic heterocycles. The van der Waals surface area contributed by atoms with Crippen LogP contribution in [0, 0.1) is 0 Å². The first-order chi connectivity index (χ1) is 1.41. The second-order valence-electron chi connectivity index (χ2n) is 0.316. The van der Waals surface area contributed by atoms with E-state index in [9.17, 15) is 0 Å². The minimum Gasteiger partial charge on any atom is -0.397 e. The molecular formula is C2H6OZr. The second-order valence-corrected chi connectivity index (χ2v) is 0.316. The molecule has 0 amide bonds. The average molecular weight is 48.1 g/mol. The number of hydrogen-bond donors (Lipinski definition) is 1. The molecule has 0 bridgehead atoms. The van der Waals surface area contributed by atoms with Crippen molar-refractivity contribution < 1.29 is 31.3 Å². The summed E-state index contributed by atoms with van der Waals surface area (Å²) in [4.78, 5) is 0. The van der Waals surface area contributed by atoms with Crippen molar-refractivity contribution in [3.05, 3.63) is 0 Å². The predicted molar refractivity (Wildman–Crippen MR) is 12.8 cm³/mol. The largest absolute Gasteiger partial charge is 0.397 e. The zero-order valence-electron chi connectivity index (χ0n) is 2.65. The molecule has 0 rings (SSSR count). The molecule has 4 heavy (non-hydrogen) atoms. The molecule has 0 heterocycles. The summed E-state index contributed by atoms with van der Waals surface area (Å²) in [5, 5.41) is 7.57.